The van der Waals surface area contributed by atoms with E-state index in [0.717, 1.165) is 15.8 Å². The van der Waals surface area contributed by atoms with Crippen LogP contribution in [0.5, 0.6) is 0 Å². The Bertz CT molecular complexity index is 1030. The number of anilines is 1. The number of amides is 1. The van der Waals surface area contributed by atoms with Gasteiger partial charge >= 0.3 is 5.97 Å². The smallest absolute Gasteiger partial charge is 0.337 e. The van der Waals surface area contributed by atoms with Crippen LogP contribution in [0.3, 0.4) is 0 Å². The second kappa shape index (κ2) is 6.21. The number of carbonyl (C=O) groups is 2. The Hall–Kier alpha value is -2.73. The van der Waals surface area contributed by atoms with Gasteiger partial charge < -0.3 is 14.6 Å². The number of para-hydroxylation sites is 2. The first-order valence-corrected chi connectivity index (χ1v) is 9.21. The number of hydrogen-bond donors (Lipinski definition) is 1. The molecule has 0 saturated carbocycles. The molecule has 1 N–H and O–H groups in total. The molecular formula is C20H18N2O3S. The summed E-state index contributed by atoms with van der Waals surface area (Å²) in [6, 6.07) is 15.2. The minimum absolute atomic E-state index is 0.209. The van der Waals surface area contributed by atoms with Crippen LogP contribution >= 0.6 is 11.8 Å². The van der Waals surface area contributed by atoms with Gasteiger partial charge in [0.1, 0.15) is 0 Å². The van der Waals surface area contributed by atoms with Gasteiger partial charge in [-0.2, -0.15) is 0 Å². The lowest BCUT2D eigenvalue weighted by Crippen LogP contribution is -2.47. The van der Waals surface area contributed by atoms with E-state index < -0.39 is 10.7 Å². The zero-order valence-corrected chi connectivity index (χ0v) is 15.3. The highest BCUT2D eigenvalue weighted by Crippen LogP contribution is 2.51. The molecule has 6 heteroatoms. The van der Waals surface area contributed by atoms with E-state index >= 15 is 0 Å². The molecule has 5 nitrogen and oxygen atoms in total. The zero-order chi connectivity index (χ0) is 18.3. The number of benzene rings is 2. The number of aromatic nitrogens is 1. The molecule has 4 rings (SSSR count). The van der Waals surface area contributed by atoms with Gasteiger partial charge in [-0.3, -0.25) is 4.79 Å². The fourth-order valence-corrected chi connectivity index (χ4v) is 4.62. The summed E-state index contributed by atoms with van der Waals surface area (Å²) in [5.41, 5.74) is 2.31. The Labute approximate surface area is 155 Å². The average molecular weight is 366 g/mol. The molecule has 0 radical (unpaired) electrons. The van der Waals surface area contributed by atoms with Crippen LogP contribution in [0, 0.1) is 0 Å². The van der Waals surface area contributed by atoms with Gasteiger partial charge in [0.25, 0.3) is 5.91 Å². The van der Waals surface area contributed by atoms with E-state index in [1.54, 1.807) is 6.92 Å². The highest BCUT2D eigenvalue weighted by Gasteiger charge is 2.54. The molecule has 1 amide bonds. The monoisotopic (exact) mass is 366 g/mol. The van der Waals surface area contributed by atoms with Crippen molar-refractivity contribution in [3.63, 3.8) is 0 Å². The van der Waals surface area contributed by atoms with Crippen molar-refractivity contribution in [2.24, 2.45) is 7.05 Å². The summed E-state index contributed by atoms with van der Waals surface area (Å²) in [5, 5.41) is 3.76. The lowest BCUT2D eigenvalue weighted by molar-refractivity contribution is -0.149. The van der Waals surface area contributed by atoms with Crippen molar-refractivity contribution in [3.05, 3.63) is 60.3 Å². The van der Waals surface area contributed by atoms with Crippen LogP contribution < -0.4 is 5.32 Å². The van der Waals surface area contributed by atoms with Crippen LogP contribution in [-0.4, -0.2) is 23.1 Å². The number of aryl methyl sites for hydroxylation is 1. The number of nitrogens with zero attached hydrogens (tertiary/aromatic N) is 1. The SMILES string of the molecule is CCOC(=O)[C@@]1(c2cn(C)c3ccccc23)Sc2ccccc2NC1=O. The Morgan fingerprint density at radius 2 is 1.92 bits per heavy atom. The van der Waals surface area contributed by atoms with Crippen LogP contribution in [-0.2, 0) is 26.1 Å². The number of carbonyl (C=O) groups excluding carboxylic acids is 2. The van der Waals surface area contributed by atoms with E-state index in [1.807, 2.05) is 66.3 Å². The third kappa shape index (κ3) is 2.33. The zero-order valence-electron chi connectivity index (χ0n) is 14.5. The Morgan fingerprint density at radius 1 is 1.19 bits per heavy atom. The fraction of sp³-hybridized carbons (Fsp3) is 0.200. The molecule has 0 spiro atoms. The predicted octanol–water partition coefficient (Wildman–Crippen LogP) is 3.68. The van der Waals surface area contributed by atoms with E-state index in [4.69, 9.17) is 4.74 Å². The number of rotatable bonds is 3. The number of esters is 1. The second-order valence-corrected chi connectivity index (χ2v) is 7.38. The van der Waals surface area contributed by atoms with E-state index in [9.17, 15) is 9.59 Å². The molecule has 1 aliphatic heterocycles. The van der Waals surface area contributed by atoms with E-state index in [2.05, 4.69) is 5.32 Å². The maximum atomic E-state index is 13.2. The Morgan fingerprint density at radius 3 is 2.73 bits per heavy atom. The van der Waals surface area contributed by atoms with Crippen molar-refractivity contribution in [2.45, 2.75) is 16.6 Å². The summed E-state index contributed by atoms with van der Waals surface area (Å²) in [6.07, 6.45) is 1.85. The standard InChI is InChI=1S/C20H18N2O3S/c1-3-25-19(24)20(14-12-22(2)16-10-6-4-8-13(14)16)18(23)21-15-9-5-7-11-17(15)26-20/h4-12H,3H2,1-2H3,(H,21,23)/t20-/m0/s1. The molecule has 132 valence electrons. The van der Waals surface area contributed by atoms with Gasteiger partial charge in [-0.15, -0.1) is 0 Å². The predicted molar refractivity (Wildman–Crippen MR) is 102 cm³/mol. The van der Waals surface area contributed by atoms with Crippen LogP contribution in [0.1, 0.15) is 12.5 Å². The summed E-state index contributed by atoms with van der Waals surface area (Å²) < 4.78 is 5.80. The largest absolute Gasteiger partial charge is 0.464 e. The molecule has 1 aliphatic rings. The first-order valence-electron chi connectivity index (χ1n) is 8.39. The third-order valence-electron chi connectivity index (χ3n) is 4.56. The lowest BCUT2D eigenvalue weighted by atomic mass is 9.95. The third-order valence-corrected chi connectivity index (χ3v) is 6.01. The maximum absolute atomic E-state index is 13.2. The Kier molecular flexibility index (Phi) is 4.00. The minimum atomic E-state index is -1.48. The number of ether oxygens (including phenoxy) is 1. The van der Waals surface area contributed by atoms with Gasteiger partial charge in [0.2, 0.25) is 4.75 Å². The van der Waals surface area contributed by atoms with Gasteiger partial charge in [0.15, 0.2) is 0 Å². The Balaban J connectivity index is 1.99. The first kappa shape index (κ1) is 16.7. The van der Waals surface area contributed by atoms with Gasteiger partial charge in [-0.05, 0) is 25.1 Å². The average Bonchev–Trinajstić information content (AvgIpc) is 2.99. The fourth-order valence-electron chi connectivity index (χ4n) is 3.36. The molecule has 26 heavy (non-hydrogen) atoms. The van der Waals surface area contributed by atoms with Crippen molar-refractivity contribution in [3.8, 4) is 0 Å². The minimum Gasteiger partial charge on any atom is -0.464 e. The van der Waals surface area contributed by atoms with Gasteiger partial charge in [0, 0.05) is 34.6 Å². The normalized spacial score (nSPS) is 19.1. The summed E-state index contributed by atoms with van der Waals surface area (Å²) in [4.78, 5) is 27.1. The van der Waals surface area contributed by atoms with E-state index in [1.165, 1.54) is 11.8 Å². The summed E-state index contributed by atoms with van der Waals surface area (Å²) in [7, 11) is 1.91. The molecule has 2 aromatic carbocycles. The highest BCUT2D eigenvalue weighted by atomic mass is 32.2. The number of hydrogen-bond acceptors (Lipinski definition) is 4. The van der Waals surface area contributed by atoms with Crippen LogP contribution in [0.15, 0.2) is 59.6 Å². The number of thioether (sulfide) groups is 1. The van der Waals surface area contributed by atoms with Crippen LogP contribution in [0.25, 0.3) is 10.9 Å². The number of nitrogens with one attached hydrogen (secondary N) is 1. The topological polar surface area (TPSA) is 60.3 Å². The molecule has 0 bridgehead atoms. The van der Waals surface area contributed by atoms with Crippen LogP contribution in [0.2, 0.25) is 0 Å². The first-order chi connectivity index (χ1) is 12.6. The second-order valence-electron chi connectivity index (χ2n) is 6.12. The van der Waals surface area contributed by atoms with Gasteiger partial charge in [0.05, 0.1) is 12.3 Å². The molecule has 3 aromatic rings. The molecule has 0 fully saturated rings. The van der Waals surface area contributed by atoms with Crippen molar-refractivity contribution in [1.82, 2.24) is 4.57 Å². The van der Waals surface area contributed by atoms with Gasteiger partial charge in [-0.1, -0.05) is 42.1 Å². The highest BCUT2D eigenvalue weighted by molar-refractivity contribution is 8.02. The number of fused-ring (bicyclic) bond motifs is 2. The molecule has 1 atom stereocenters. The summed E-state index contributed by atoms with van der Waals surface area (Å²) in [6.45, 7) is 1.95. The van der Waals surface area contributed by atoms with Crippen LogP contribution in [0.4, 0.5) is 5.69 Å². The molecule has 2 heterocycles. The van der Waals surface area contributed by atoms with Crippen molar-refractivity contribution < 1.29 is 14.3 Å². The lowest BCUT2D eigenvalue weighted by Gasteiger charge is -2.34. The van der Waals surface area contributed by atoms with Crippen molar-refractivity contribution >= 4 is 40.2 Å². The molecule has 0 unspecified atom stereocenters. The molecule has 0 aliphatic carbocycles. The quantitative estimate of drug-likeness (QED) is 0.567. The van der Waals surface area contributed by atoms with E-state index in [-0.39, 0.29) is 12.5 Å². The van der Waals surface area contributed by atoms with Gasteiger partial charge in [-0.25, -0.2) is 4.79 Å². The van der Waals surface area contributed by atoms with E-state index in [0.29, 0.717) is 11.3 Å². The maximum Gasteiger partial charge on any atom is 0.337 e. The molecular weight excluding hydrogens is 348 g/mol. The molecule has 1 aromatic heterocycles. The summed E-state index contributed by atoms with van der Waals surface area (Å²) >= 11 is 1.24. The molecule has 0 saturated heterocycles. The summed E-state index contributed by atoms with van der Waals surface area (Å²) in [5.74, 6) is -0.927. The van der Waals surface area contributed by atoms with Crippen molar-refractivity contribution in [2.75, 3.05) is 11.9 Å². The van der Waals surface area contributed by atoms with Crippen molar-refractivity contribution in [1.29, 1.82) is 0 Å².